The summed E-state index contributed by atoms with van der Waals surface area (Å²) in [5, 5.41) is 4.31. The van der Waals surface area contributed by atoms with Gasteiger partial charge in [0.1, 0.15) is 0 Å². The summed E-state index contributed by atoms with van der Waals surface area (Å²) in [6, 6.07) is 16.5. The van der Waals surface area contributed by atoms with E-state index in [2.05, 4.69) is 65.4 Å². The molecule has 20 heavy (non-hydrogen) atoms. The van der Waals surface area contributed by atoms with Gasteiger partial charge in [-0.15, -0.1) is 0 Å². The van der Waals surface area contributed by atoms with Gasteiger partial charge in [-0.05, 0) is 29.3 Å². The molecule has 0 radical (unpaired) electrons. The molecule has 0 saturated carbocycles. The zero-order valence-corrected chi connectivity index (χ0v) is 14.1. The van der Waals surface area contributed by atoms with Crippen LogP contribution in [-0.4, -0.2) is 6.54 Å². The molecule has 1 N–H and O–H groups in total. The Morgan fingerprint density at radius 3 is 2.50 bits per heavy atom. The van der Waals surface area contributed by atoms with E-state index in [-0.39, 0.29) is 5.41 Å². The van der Waals surface area contributed by atoms with Gasteiger partial charge in [-0.2, -0.15) is 0 Å². The highest BCUT2D eigenvalue weighted by molar-refractivity contribution is 9.10. The van der Waals surface area contributed by atoms with Crippen LogP contribution in [0.4, 0.5) is 0 Å². The summed E-state index contributed by atoms with van der Waals surface area (Å²) in [5.41, 5.74) is 2.55. The highest BCUT2D eigenvalue weighted by atomic mass is 79.9. The highest BCUT2D eigenvalue weighted by Gasteiger charge is 2.19. The second-order valence-corrected chi connectivity index (χ2v) is 6.91. The van der Waals surface area contributed by atoms with Gasteiger partial charge < -0.3 is 5.32 Å². The monoisotopic (exact) mass is 351 g/mol. The molecule has 1 nitrogen and oxygen atoms in total. The topological polar surface area (TPSA) is 12.0 Å². The van der Waals surface area contributed by atoms with Crippen LogP contribution in [0.3, 0.4) is 0 Å². The lowest BCUT2D eigenvalue weighted by molar-refractivity contribution is 0.469. The van der Waals surface area contributed by atoms with Crippen LogP contribution in [0.25, 0.3) is 0 Å². The minimum atomic E-state index is 0.0970. The smallest absolute Gasteiger partial charge is 0.0451 e. The van der Waals surface area contributed by atoms with Crippen molar-refractivity contribution < 1.29 is 0 Å². The summed E-state index contributed by atoms with van der Waals surface area (Å²) in [4.78, 5) is 0. The molecule has 2 rings (SSSR count). The summed E-state index contributed by atoms with van der Waals surface area (Å²) >= 11 is 9.68. The lowest BCUT2D eigenvalue weighted by Crippen LogP contribution is -2.32. The fraction of sp³-hybridized carbons (Fsp3) is 0.294. The first-order chi connectivity index (χ1) is 9.49. The summed E-state index contributed by atoms with van der Waals surface area (Å²) in [6.45, 7) is 6.17. The van der Waals surface area contributed by atoms with Gasteiger partial charge in [0.05, 0.1) is 0 Å². The summed E-state index contributed by atoms with van der Waals surface area (Å²) in [7, 11) is 0. The predicted molar refractivity (Wildman–Crippen MR) is 90.3 cm³/mol. The van der Waals surface area contributed by atoms with Crippen LogP contribution in [0.5, 0.6) is 0 Å². The first-order valence-electron chi connectivity index (χ1n) is 6.69. The van der Waals surface area contributed by atoms with E-state index < -0.39 is 0 Å². The second kappa shape index (κ2) is 6.75. The van der Waals surface area contributed by atoms with Gasteiger partial charge in [0, 0.05) is 28.0 Å². The van der Waals surface area contributed by atoms with Gasteiger partial charge in [-0.1, -0.05) is 71.7 Å². The Balaban J connectivity index is 1.97. The molecule has 0 unspecified atom stereocenters. The average Bonchev–Trinajstić information content (AvgIpc) is 2.43. The lowest BCUT2D eigenvalue weighted by atomic mass is 9.84. The third-order valence-electron chi connectivity index (χ3n) is 3.45. The molecule has 0 fully saturated rings. The van der Waals surface area contributed by atoms with Gasteiger partial charge >= 0.3 is 0 Å². The molecular weight excluding hydrogens is 334 g/mol. The zero-order valence-electron chi connectivity index (χ0n) is 11.8. The Morgan fingerprint density at radius 1 is 1.10 bits per heavy atom. The maximum absolute atomic E-state index is 6.20. The van der Waals surface area contributed by atoms with Gasteiger partial charge in [-0.25, -0.2) is 0 Å². The molecule has 0 amide bonds. The molecule has 0 aliphatic rings. The molecule has 106 valence electrons. The van der Waals surface area contributed by atoms with Crippen molar-refractivity contribution in [2.24, 2.45) is 0 Å². The molecule has 0 saturated heterocycles. The summed E-state index contributed by atoms with van der Waals surface area (Å²) < 4.78 is 1.06. The van der Waals surface area contributed by atoms with Crippen LogP contribution in [0.2, 0.25) is 5.02 Å². The first kappa shape index (κ1) is 15.6. The van der Waals surface area contributed by atoms with Crippen molar-refractivity contribution in [2.75, 3.05) is 6.54 Å². The van der Waals surface area contributed by atoms with Crippen LogP contribution >= 0.6 is 27.5 Å². The normalized spacial score (nSPS) is 11.6. The summed E-state index contributed by atoms with van der Waals surface area (Å²) in [6.07, 6.45) is 0. The summed E-state index contributed by atoms with van der Waals surface area (Å²) in [5.74, 6) is 0. The van der Waals surface area contributed by atoms with E-state index in [0.29, 0.717) is 0 Å². The van der Waals surface area contributed by atoms with Crippen LogP contribution in [0, 0.1) is 0 Å². The third kappa shape index (κ3) is 4.08. The van der Waals surface area contributed by atoms with E-state index >= 15 is 0 Å². The van der Waals surface area contributed by atoms with E-state index in [1.54, 1.807) is 0 Å². The van der Waals surface area contributed by atoms with Gasteiger partial charge in [0.2, 0.25) is 0 Å². The number of hydrogen-bond acceptors (Lipinski definition) is 1. The fourth-order valence-electron chi connectivity index (χ4n) is 2.18. The van der Waals surface area contributed by atoms with Crippen molar-refractivity contribution in [1.29, 1.82) is 0 Å². The Kier molecular flexibility index (Phi) is 5.25. The number of nitrogens with one attached hydrogen (secondary N) is 1. The molecular formula is C17H19BrClN. The molecule has 0 bridgehead atoms. The van der Waals surface area contributed by atoms with Crippen molar-refractivity contribution in [2.45, 2.75) is 25.8 Å². The standard InChI is InChI=1S/C17H19BrClN/c1-17(2,14-6-4-3-5-7-14)12-20-11-13-10-15(18)8-9-16(13)19/h3-10,20H,11-12H2,1-2H3. The fourth-order valence-corrected chi connectivity index (χ4v) is 2.77. The molecule has 0 heterocycles. The van der Waals surface area contributed by atoms with E-state index in [0.717, 1.165) is 28.1 Å². The van der Waals surface area contributed by atoms with E-state index in [9.17, 15) is 0 Å². The Labute approximate surface area is 134 Å². The van der Waals surface area contributed by atoms with Crippen LogP contribution in [0.1, 0.15) is 25.0 Å². The molecule has 0 aromatic heterocycles. The van der Waals surface area contributed by atoms with Crippen molar-refractivity contribution in [3.05, 3.63) is 69.2 Å². The molecule has 0 atom stereocenters. The van der Waals surface area contributed by atoms with E-state index in [1.807, 2.05) is 18.2 Å². The predicted octanol–water partition coefficient (Wildman–Crippen LogP) is 5.17. The largest absolute Gasteiger partial charge is 0.312 e. The Hall–Kier alpha value is -0.830. The van der Waals surface area contributed by atoms with E-state index in [1.165, 1.54) is 5.56 Å². The van der Waals surface area contributed by atoms with Gasteiger partial charge in [0.15, 0.2) is 0 Å². The SMILES string of the molecule is CC(C)(CNCc1cc(Br)ccc1Cl)c1ccccc1. The molecule has 0 aliphatic heterocycles. The quantitative estimate of drug-likeness (QED) is 0.782. The van der Waals surface area contributed by atoms with Gasteiger partial charge in [-0.3, -0.25) is 0 Å². The number of hydrogen-bond donors (Lipinski definition) is 1. The van der Waals surface area contributed by atoms with Crippen LogP contribution in [0.15, 0.2) is 53.0 Å². The maximum Gasteiger partial charge on any atom is 0.0451 e. The second-order valence-electron chi connectivity index (χ2n) is 5.59. The van der Waals surface area contributed by atoms with Crippen LogP contribution in [-0.2, 0) is 12.0 Å². The highest BCUT2D eigenvalue weighted by Crippen LogP contribution is 2.23. The molecule has 2 aromatic rings. The Morgan fingerprint density at radius 2 is 1.80 bits per heavy atom. The van der Waals surface area contributed by atoms with Crippen LogP contribution < -0.4 is 5.32 Å². The minimum absolute atomic E-state index is 0.0970. The Bertz CT molecular complexity index is 566. The maximum atomic E-state index is 6.20. The van der Waals surface area contributed by atoms with Gasteiger partial charge in [0.25, 0.3) is 0 Å². The molecule has 2 aromatic carbocycles. The van der Waals surface area contributed by atoms with Crippen molar-refractivity contribution in [3.63, 3.8) is 0 Å². The van der Waals surface area contributed by atoms with E-state index in [4.69, 9.17) is 11.6 Å². The number of benzene rings is 2. The van der Waals surface area contributed by atoms with Crippen molar-refractivity contribution >= 4 is 27.5 Å². The zero-order chi connectivity index (χ0) is 14.6. The minimum Gasteiger partial charge on any atom is -0.312 e. The third-order valence-corrected chi connectivity index (χ3v) is 4.31. The number of halogens is 2. The van der Waals surface area contributed by atoms with Crippen molar-refractivity contribution in [1.82, 2.24) is 5.32 Å². The molecule has 3 heteroatoms. The average molecular weight is 353 g/mol. The van der Waals surface area contributed by atoms with Crippen molar-refractivity contribution in [3.8, 4) is 0 Å². The first-order valence-corrected chi connectivity index (χ1v) is 7.86. The molecule has 0 spiro atoms. The number of rotatable bonds is 5. The molecule has 0 aliphatic carbocycles. The lowest BCUT2D eigenvalue weighted by Gasteiger charge is -2.26.